The van der Waals surface area contributed by atoms with Gasteiger partial charge in [-0.1, -0.05) is 31.1 Å². The van der Waals surface area contributed by atoms with Crippen molar-refractivity contribution in [3.63, 3.8) is 0 Å². The monoisotopic (exact) mass is 216 g/mol. The molecule has 1 aromatic heterocycles. The molecule has 3 nitrogen and oxygen atoms in total. The highest BCUT2D eigenvalue weighted by Crippen LogP contribution is 2.25. The van der Waals surface area contributed by atoms with E-state index in [4.69, 9.17) is 4.52 Å². The fourth-order valence-electron chi connectivity index (χ4n) is 1.69. The Bertz CT molecular complexity index is 500. The summed E-state index contributed by atoms with van der Waals surface area (Å²) in [4.78, 5) is 4.24. The highest BCUT2D eigenvalue weighted by atomic mass is 16.5. The third kappa shape index (κ3) is 1.98. The molecule has 0 saturated carbocycles. The largest absolute Gasteiger partial charge is 0.334 e. The van der Waals surface area contributed by atoms with Gasteiger partial charge in [-0.3, -0.25) is 0 Å². The SMILES string of the molecule is Cc1noc(-c2ccc(C(C)C)cc2C)n1. The Balaban J connectivity index is 2.44. The van der Waals surface area contributed by atoms with Crippen molar-refractivity contribution in [3.05, 3.63) is 35.2 Å². The number of benzene rings is 1. The molecule has 0 N–H and O–H groups in total. The maximum Gasteiger partial charge on any atom is 0.258 e. The predicted octanol–water partition coefficient (Wildman–Crippen LogP) is 3.48. The minimum absolute atomic E-state index is 0.539. The van der Waals surface area contributed by atoms with Crippen LogP contribution >= 0.6 is 0 Å². The Morgan fingerprint density at radius 1 is 1.19 bits per heavy atom. The summed E-state index contributed by atoms with van der Waals surface area (Å²) in [5, 5.41) is 3.81. The number of hydrogen-bond donors (Lipinski definition) is 0. The van der Waals surface area contributed by atoms with Crippen molar-refractivity contribution in [3.8, 4) is 11.5 Å². The van der Waals surface area contributed by atoms with Gasteiger partial charge in [0.25, 0.3) is 5.89 Å². The van der Waals surface area contributed by atoms with Gasteiger partial charge >= 0.3 is 0 Å². The zero-order valence-corrected chi connectivity index (χ0v) is 10.1. The third-order valence-corrected chi connectivity index (χ3v) is 2.68. The van der Waals surface area contributed by atoms with Crippen molar-refractivity contribution in [1.29, 1.82) is 0 Å². The highest BCUT2D eigenvalue weighted by molar-refractivity contribution is 5.59. The number of nitrogens with zero attached hydrogens (tertiary/aromatic N) is 2. The van der Waals surface area contributed by atoms with Crippen LogP contribution in [-0.4, -0.2) is 10.1 Å². The quantitative estimate of drug-likeness (QED) is 0.771. The molecule has 1 aromatic carbocycles. The lowest BCUT2D eigenvalue weighted by atomic mass is 9.98. The fourth-order valence-corrected chi connectivity index (χ4v) is 1.69. The zero-order chi connectivity index (χ0) is 11.7. The van der Waals surface area contributed by atoms with Gasteiger partial charge in [0, 0.05) is 5.56 Å². The molecule has 16 heavy (non-hydrogen) atoms. The van der Waals surface area contributed by atoms with Gasteiger partial charge in [0.15, 0.2) is 5.82 Å². The van der Waals surface area contributed by atoms with Gasteiger partial charge < -0.3 is 4.52 Å². The summed E-state index contributed by atoms with van der Waals surface area (Å²) in [6, 6.07) is 6.35. The summed E-state index contributed by atoms with van der Waals surface area (Å²) in [5.74, 6) is 1.81. The van der Waals surface area contributed by atoms with E-state index in [1.165, 1.54) is 11.1 Å². The lowest BCUT2D eigenvalue weighted by molar-refractivity contribution is 0.425. The Labute approximate surface area is 95.5 Å². The summed E-state index contributed by atoms with van der Waals surface area (Å²) in [5.41, 5.74) is 3.53. The van der Waals surface area contributed by atoms with Crippen LogP contribution in [0.4, 0.5) is 0 Å². The second-order valence-corrected chi connectivity index (χ2v) is 4.38. The molecule has 3 heteroatoms. The molecule has 0 saturated heterocycles. The van der Waals surface area contributed by atoms with Crippen molar-refractivity contribution < 1.29 is 4.52 Å². The van der Waals surface area contributed by atoms with Gasteiger partial charge in [-0.15, -0.1) is 0 Å². The standard InChI is InChI=1S/C13H16N2O/c1-8(2)11-5-6-12(9(3)7-11)13-14-10(4)15-16-13/h5-8H,1-4H3. The molecule has 0 radical (unpaired) electrons. The topological polar surface area (TPSA) is 38.9 Å². The van der Waals surface area contributed by atoms with E-state index in [-0.39, 0.29) is 0 Å². The van der Waals surface area contributed by atoms with Gasteiger partial charge in [0.1, 0.15) is 0 Å². The van der Waals surface area contributed by atoms with E-state index in [1.54, 1.807) is 0 Å². The van der Waals surface area contributed by atoms with E-state index in [9.17, 15) is 0 Å². The Morgan fingerprint density at radius 2 is 1.94 bits per heavy atom. The number of aromatic nitrogens is 2. The van der Waals surface area contributed by atoms with Gasteiger partial charge in [0.2, 0.25) is 0 Å². The van der Waals surface area contributed by atoms with Crippen LogP contribution in [-0.2, 0) is 0 Å². The molecule has 2 rings (SSSR count). The maximum absolute atomic E-state index is 5.17. The van der Waals surface area contributed by atoms with Crippen molar-refractivity contribution in [2.45, 2.75) is 33.6 Å². The van der Waals surface area contributed by atoms with Crippen LogP contribution in [0.15, 0.2) is 22.7 Å². The lowest BCUT2D eigenvalue weighted by Crippen LogP contribution is -1.90. The average molecular weight is 216 g/mol. The average Bonchev–Trinajstić information content (AvgIpc) is 2.64. The van der Waals surface area contributed by atoms with Gasteiger partial charge in [-0.05, 0) is 37.0 Å². The van der Waals surface area contributed by atoms with Crippen molar-refractivity contribution in [2.24, 2.45) is 0 Å². The third-order valence-electron chi connectivity index (χ3n) is 2.68. The molecule has 0 aliphatic heterocycles. The second kappa shape index (κ2) is 4.08. The summed E-state index contributed by atoms with van der Waals surface area (Å²) >= 11 is 0. The van der Waals surface area contributed by atoms with Gasteiger partial charge in [-0.25, -0.2) is 0 Å². The lowest BCUT2D eigenvalue weighted by Gasteiger charge is -2.08. The molecular weight excluding hydrogens is 200 g/mol. The molecule has 0 aliphatic carbocycles. The van der Waals surface area contributed by atoms with Crippen LogP contribution in [0.3, 0.4) is 0 Å². The van der Waals surface area contributed by atoms with Crippen molar-refractivity contribution in [1.82, 2.24) is 10.1 Å². The van der Waals surface area contributed by atoms with Crippen LogP contribution in [0.5, 0.6) is 0 Å². The molecule has 0 atom stereocenters. The molecular formula is C13H16N2O. The summed E-state index contributed by atoms with van der Waals surface area (Å²) in [6.07, 6.45) is 0. The molecule has 0 aliphatic rings. The molecule has 0 unspecified atom stereocenters. The second-order valence-electron chi connectivity index (χ2n) is 4.38. The minimum atomic E-state index is 0.539. The first kappa shape index (κ1) is 10.9. The van der Waals surface area contributed by atoms with Crippen molar-refractivity contribution in [2.75, 3.05) is 0 Å². The first-order chi connectivity index (χ1) is 7.58. The van der Waals surface area contributed by atoms with Gasteiger partial charge in [-0.2, -0.15) is 4.98 Å². The summed E-state index contributed by atoms with van der Waals surface area (Å²) < 4.78 is 5.17. The van der Waals surface area contributed by atoms with Crippen LogP contribution in [0.25, 0.3) is 11.5 Å². The first-order valence-corrected chi connectivity index (χ1v) is 5.49. The molecule has 0 amide bonds. The summed E-state index contributed by atoms with van der Waals surface area (Å²) in [6.45, 7) is 8.27. The Kier molecular flexibility index (Phi) is 2.77. The number of aryl methyl sites for hydroxylation is 2. The zero-order valence-electron chi connectivity index (χ0n) is 10.1. The Hall–Kier alpha value is -1.64. The molecule has 0 spiro atoms. The van der Waals surface area contributed by atoms with Crippen LogP contribution in [0, 0.1) is 13.8 Å². The van der Waals surface area contributed by atoms with E-state index in [2.05, 4.69) is 49.1 Å². The van der Waals surface area contributed by atoms with Crippen LogP contribution < -0.4 is 0 Å². The molecule has 84 valence electrons. The molecule has 2 aromatic rings. The van der Waals surface area contributed by atoms with Crippen molar-refractivity contribution >= 4 is 0 Å². The molecule has 0 fully saturated rings. The van der Waals surface area contributed by atoms with E-state index >= 15 is 0 Å². The number of hydrogen-bond acceptors (Lipinski definition) is 3. The maximum atomic E-state index is 5.17. The first-order valence-electron chi connectivity index (χ1n) is 5.49. The summed E-state index contributed by atoms with van der Waals surface area (Å²) in [7, 11) is 0. The fraction of sp³-hybridized carbons (Fsp3) is 0.385. The predicted molar refractivity (Wildman–Crippen MR) is 63.3 cm³/mol. The van der Waals surface area contributed by atoms with E-state index < -0.39 is 0 Å². The van der Waals surface area contributed by atoms with Crippen LogP contribution in [0.2, 0.25) is 0 Å². The van der Waals surface area contributed by atoms with Gasteiger partial charge in [0.05, 0.1) is 0 Å². The van der Waals surface area contributed by atoms with Crippen LogP contribution in [0.1, 0.15) is 36.7 Å². The van der Waals surface area contributed by atoms with E-state index in [0.29, 0.717) is 17.6 Å². The normalized spacial score (nSPS) is 11.1. The van der Waals surface area contributed by atoms with E-state index in [0.717, 1.165) is 5.56 Å². The molecule has 1 heterocycles. The smallest absolute Gasteiger partial charge is 0.258 e. The Morgan fingerprint density at radius 3 is 2.44 bits per heavy atom. The highest BCUT2D eigenvalue weighted by Gasteiger charge is 2.10. The minimum Gasteiger partial charge on any atom is -0.334 e. The molecule has 0 bridgehead atoms. The number of rotatable bonds is 2. The van der Waals surface area contributed by atoms with E-state index in [1.807, 2.05) is 6.92 Å².